The summed E-state index contributed by atoms with van der Waals surface area (Å²) in [6, 6.07) is -0.175. The number of aromatic nitrogens is 2. The summed E-state index contributed by atoms with van der Waals surface area (Å²) < 4.78 is 27.5. The highest BCUT2D eigenvalue weighted by molar-refractivity contribution is 7.89. The molecule has 126 valence electrons. The summed E-state index contributed by atoms with van der Waals surface area (Å²) in [6.45, 7) is 2.51. The lowest BCUT2D eigenvalue weighted by Gasteiger charge is -2.23. The number of thiazole rings is 1. The van der Waals surface area contributed by atoms with Crippen molar-refractivity contribution in [1.29, 1.82) is 0 Å². The van der Waals surface area contributed by atoms with Crippen molar-refractivity contribution in [3.8, 4) is 0 Å². The molecule has 1 aliphatic heterocycles. The van der Waals surface area contributed by atoms with Crippen molar-refractivity contribution in [2.45, 2.75) is 32.2 Å². The summed E-state index contributed by atoms with van der Waals surface area (Å²) >= 11 is 1.47. The van der Waals surface area contributed by atoms with E-state index in [2.05, 4.69) is 10.3 Å². The Hall–Kier alpha value is -1.45. The van der Waals surface area contributed by atoms with Crippen LogP contribution in [-0.2, 0) is 10.0 Å². The van der Waals surface area contributed by atoms with Gasteiger partial charge >= 0.3 is 0 Å². The minimum absolute atomic E-state index is 0.0883. The number of amides is 1. The lowest BCUT2D eigenvalue weighted by molar-refractivity contribution is 0.0927. The Balaban J connectivity index is 1.70. The zero-order chi connectivity index (χ0) is 16.4. The van der Waals surface area contributed by atoms with E-state index in [-0.39, 0.29) is 17.7 Å². The van der Waals surface area contributed by atoms with Crippen molar-refractivity contribution in [3.63, 3.8) is 0 Å². The molecule has 2 aromatic rings. The molecule has 2 aromatic heterocycles. The third-order valence-corrected chi connectivity index (χ3v) is 6.67. The number of carbonyl (C=O) groups is 1. The topological polar surface area (TPSA) is 83.8 Å². The van der Waals surface area contributed by atoms with Gasteiger partial charge in [-0.25, -0.2) is 13.4 Å². The number of imidazole rings is 1. The lowest BCUT2D eigenvalue weighted by atomic mass is 10.1. The van der Waals surface area contributed by atoms with Gasteiger partial charge in [0.05, 0.1) is 5.75 Å². The molecule has 9 heteroatoms. The van der Waals surface area contributed by atoms with Crippen molar-refractivity contribution in [2.24, 2.45) is 0 Å². The summed E-state index contributed by atoms with van der Waals surface area (Å²) in [5, 5.41) is 4.84. The van der Waals surface area contributed by atoms with Gasteiger partial charge in [-0.3, -0.25) is 9.20 Å². The first-order chi connectivity index (χ1) is 11.0. The van der Waals surface area contributed by atoms with Gasteiger partial charge in [0.2, 0.25) is 10.0 Å². The van der Waals surface area contributed by atoms with Crippen LogP contribution in [0.25, 0.3) is 4.96 Å². The number of hydrogen-bond donors (Lipinski definition) is 1. The minimum Gasteiger partial charge on any atom is -0.347 e. The molecule has 23 heavy (non-hydrogen) atoms. The molecule has 1 amide bonds. The average Bonchev–Trinajstić information content (AvgIpc) is 3.03. The molecule has 0 saturated carbocycles. The standard InChI is InChI=1S/C14H20N4O3S2/c1-2-23(20,21)18-6-4-3-5-11(9-18)15-13(19)12-10-17-7-8-22-14(17)16-12/h7-8,10-11H,2-6,9H2,1H3,(H,15,19). The molecule has 1 aliphatic rings. The zero-order valence-corrected chi connectivity index (χ0v) is 14.6. The van der Waals surface area contributed by atoms with Crippen molar-refractivity contribution >= 4 is 32.2 Å². The summed E-state index contributed by atoms with van der Waals surface area (Å²) in [5.74, 6) is -0.160. The Labute approximate surface area is 139 Å². The maximum atomic E-state index is 12.4. The van der Waals surface area contributed by atoms with E-state index in [0.717, 1.165) is 24.2 Å². The van der Waals surface area contributed by atoms with Crippen LogP contribution in [0, 0.1) is 0 Å². The van der Waals surface area contributed by atoms with Crippen molar-refractivity contribution in [2.75, 3.05) is 18.8 Å². The number of carbonyl (C=O) groups excluding carboxylic acids is 1. The normalized spacial score (nSPS) is 20.5. The first-order valence-corrected chi connectivity index (χ1v) is 10.2. The molecule has 1 saturated heterocycles. The molecular formula is C14H20N4O3S2. The fourth-order valence-electron chi connectivity index (χ4n) is 2.76. The van der Waals surface area contributed by atoms with Gasteiger partial charge in [0.1, 0.15) is 5.69 Å². The van der Waals surface area contributed by atoms with E-state index in [1.165, 1.54) is 15.6 Å². The van der Waals surface area contributed by atoms with Crippen LogP contribution in [0.3, 0.4) is 0 Å². The number of rotatable bonds is 4. The van der Waals surface area contributed by atoms with Crippen LogP contribution in [0.1, 0.15) is 36.7 Å². The van der Waals surface area contributed by atoms with Crippen LogP contribution in [0.4, 0.5) is 0 Å². The highest BCUT2D eigenvalue weighted by atomic mass is 32.2. The maximum absolute atomic E-state index is 12.4. The molecule has 7 nitrogen and oxygen atoms in total. The number of hydrogen-bond acceptors (Lipinski definition) is 5. The van der Waals surface area contributed by atoms with Crippen LogP contribution in [0.2, 0.25) is 0 Å². The largest absolute Gasteiger partial charge is 0.347 e. The van der Waals surface area contributed by atoms with Crippen molar-refractivity contribution in [3.05, 3.63) is 23.5 Å². The van der Waals surface area contributed by atoms with Gasteiger partial charge in [-0.2, -0.15) is 4.31 Å². The van der Waals surface area contributed by atoms with Crippen molar-refractivity contribution in [1.82, 2.24) is 19.0 Å². The van der Waals surface area contributed by atoms with E-state index < -0.39 is 10.0 Å². The third kappa shape index (κ3) is 3.56. The summed E-state index contributed by atoms with van der Waals surface area (Å²) in [6.07, 6.45) is 6.05. The van der Waals surface area contributed by atoms with Crippen LogP contribution < -0.4 is 5.32 Å². The molecule has 1 fully saturated rings. The summed E-state index contributed by atoms with van der Waals surface area (Å²) in [4.78, 5) is 17.4. The molecular weight excluding hydrogens is 336 g/mol. The first kappa shape index (κ1) is 16.4. The van der Waals surface area contributed by atoms with Gasteiger partial charge in [0.15, 0.2) is 4.96 Å². The molecule has 0 bridgehead atoms. The van der Waals surface area contributed by atoms with Gasteiger partial charge in [-0.05, 0) is 19.8 Å². The Morgan fingerprint density at radius 2 is 2.30 bits per heavy atom. The number of fused-ring (bicyclic) bond motifs is 1. The molecule has 1 atom stereocenters. The molecule has 1 unspecified atom stereocenters. The Kier molecular flexibility index (Phi) is 4.69. The highest BCUT2D eigenvalue weighted by Crippen LogP contribution is 2.16. The van der Waals surface area contributed by atoms with Crippen LogP contribution in [0.15, 0.2) is 17.8 Å². The summed E-state index contributed by atoms with van der Waals surface area (Å²) in [5.41, 5.74) is 0.367. The van der Waals surface area contributed by atoms with E-state index in [4.69, 9.17) is 0 Å². The lowest BCUT2D eigenvalue weighted by Crippen LogP contribution is -2.45. The number of nitrogens with zero attached hydrogens (tertiary/aromatic N) is 3. The second kappa shape index (κ2) is 6.58. The van der Waals surface area contributed by atoms with Gasteiger partial charge in [-0.15, -0.1) is 11.3 Å². The second-order valence-electron chi connectivity index (χ2n) is 5.64. The Morgan fingerprint density at radius 3 is 3.04 bits per heavy atom. The smallest absolute Gasteiger partial charge is 0.271 e. The molecule has 1 N–H and O–H groups in total. The van der Waals surface area contributed by atoms with E-state index in [1.54, 1.807) is 17.5 Å². The first-order valence-electron chi connectivity index (χ1n) is 7.70. The SMILES string of the molecule is CCS(=O)(=O)N1CCCCC(NC(=O)c2cn3ccsc3n2)C1. The molecule has 3 heterocycles. The highest BCUT2D eigenvalue weighted by Gasteiger charge is 2.27. The number of nitrogens with one attached hydrogen (secondary N) is 1. The summed E-state index contributed by atoms with van der Waals surface area (Å²) in [7, 11) is -3.23. The predicted octanol–water partition coefficient (Wildman–Crippen LogP) is 1.33. The minimum atomic E-state index is -3.23. The second-order valence-corrected chi connectivity index (χ2v) is 8.77. The van der Waals surface area contributed by atoms with Gasteiger partial charge < -0.3 is 5.32 Å². The van der Waals surface area contributed by atoms with Crippen LogP contribution in [-0.4, -0.2) is 52.9 Å². The van der Waals surface area contributed by atoms with Crippen molar-refractivity contribution < 1.29 is 13.2 Å². The fourth-order valence-corrected chi connectivity index (χ4v) is 4.64. The van der Waals surface area contributed by atoms with E-state index >= 15 is 0 Å². The zero-order valence-electron chi connectivity index (χ0n) is 12.9. The van der Waals surface area contributed by atoms with Gasteiger partial charge in [0.25, 0.3) is 5.91 Å². The predicted molar refractivity (Wildman–Crippen MR) is 89.2 cm³/mol. The van der Waals surface area contributed by atoms with E-state index in [1.807, 2.05) is 11.6 Å². The number of sulfonamides is 1. The molecule has 3 rings (SSSR count). The average molecular weight is 356 g/mol. The van der Waals surface area contributed by atoms with Gasteiger partial charge in [-0.1, -0.05) is 6.42 Å². The van der Waals surface area contributed by atoms with Gasteiger partial charge in [0, 0.05) is 36.9 Å². The maximum Gasteiger partial charge on any atom is 0.271 e. The quantitative estimate of drug-likeness (QED) is 0.896. The van der Waals surface area contributed by atoms with Crippen LogP contribution in [0.5, 0.6) is 0 Å². The van der Waals surface area contributed by atoms with E-state index in [0.29, 0.717) is 18.8 Å². The monoisotopic (exact) mass is 356 g/mol. The molecule has 0 aromatic carbocycles. The Morgan fingerprint density at radius 1 is 1.48 bits per heavy atom. The fraction of sp³-hybridized carbons (Fsp3) is 0.571. The third-order valence-electron chi connectivity index (χ3n) is 4.05. The van der Waals surface area contributed by atoms with Crippen LogP contribution >= 0.6 is 11.3 Å². The Bertz CT molecular complexity index is 767. The van der Waals surface area contributed by atoms with E-state index in [9.17, 15) is 13.2 Å². The molecule has 0 aliphatic carbocycles. The molecule has 0 spiro atoms. The molecule has 0 radical (unpaired) electrons.